The van der Waals surface area contributed by atoms with Crippen LogP contribution in [0.2, 0.25) is 0 Å². The second kappa shape index (κ2) is 9.11. The van der Waals surface area contributed by atoms with Crippen LogP contribution in [0.25, 0.3) is 0 Å². The molecule has 1 N–H and O–H groups in total. The molecule has 0 saturated heterocycles. The quantitative estimate of drug-likeness (QED) is 0.745. The highest BCUT2D eigenvalue weighted by Crippen LogP contribution is 2.20. The molecule has 0 saturated carbocycles. The number of nitrogens with zero attached hydrogens (tertiary/aromatic N) is 5. The third-order valence-electron chi connectivity index (χ3n) is 4.54. The van der Waals surface area contributed by atoms with Crippen molar-refractivity contribution < 1.29 is 0 Å². The first kappa shape index (κ1) is 17.3. The van der Waals surface area contributed by atoms with E-state index in [1.54, 1.807) is 11.8 Å². The Morgan fingerprint density at radius 1 is 1.16 bits per heavy atom. The van der Waals surface area contributed by atoms with Crippen LogP contribution in [0, 0.1) is 0 Å². The molecule has 6 nitrogen and oxygen atoms in total. The third kappa shape index (κ3) is 5.52. The fourth-order valence-electron chi connectivity index (χ4n) is 2.98. The van der Waals surface area contributed by atoms with Gasteiger partial charge in [0.1, 0.15) is 0 Å². The van der Waals surface area contributed by atoms with Crippen molar-refractivity contribution in [2.24, 2.45) is 0 Å². The summed E-state index contributed by atoms with van der Waals surface area (Å²) >= 11 is 0. The van der Waals surface area contributed by atoms with Gasteiger partial charge in [-0.3, -0.25) is 4.98 Å². The molecule has 0 amide bonds. The van der Waals surface area contributed by atoms with Crippen LogP contribution < -0.4 is 10.2 Å². The molecule has 2 aromatic heterocycles. The smallest absolute Gasteiger partial charge is 0.244 e. The topological polar surface area (TPSA) is 66.8 Å². The van der Waals surface area contributed by atoms with E-state index < -0.39 is 0 Å². The molecule has 0 fully saturated rings. The molecule has 0 aliphatic heterocycles. The van der Waals surface area contributed by atoms with E-state index in [4.69, 9.17) is 0 Å². The highest BCUT2D eigenvalue weighted by Gasteiger charge is 2.07. The lowest BCUT2D eigenvalue weighted by Crippen LogP contribution is -2.22. The number of allylic oxidation sites excluding steroid dienone is 1. The summed E-state index contributed by atoms with van der Waals surface area (Å²) in [5.41, 5.74) is 2.82. The van der Waals surface area contributed by atoms with Gasteiger partial charge in [-0.2, -0.15) is 10.1 Å². The summed E-state index contributed by atoms with van der Waals surface area (Å²) in [6.07, 6.45) is 14.9. The fourth-order valence-corrected chi connectivity index (χ4v) is 2.98. The summed E-state index contributed by atoms with van der Waals surface area (Å²) in [7, 11) is 2.03. The zero-order valence-corrected chi connectivity index (χ0v) is 14.9. The van der Waals surface area contributed by atoms with Crippen molar-refractivity contribution in [3.05, 3.63) is 47.9 Å². The summed E-state index contributed by atoms with van der Waals surface area (Å²) in [6, 6.07) is 4.08. The number of nitrogens with one attached hydrogen (secondary N) is 1. The van der Waals surface area contributed by atoms with Crippen molar-refractivity contribution >= 4 is 11.8 Å². The van der Waals surface area contributed by atoms with Crippen LogP contribution in [0.4, 0.5) is 11.8 Å². The van der Waals surface area contributed by atoms with Crippen molar-refractivity contribution in [3.63, 3.8) is 0 Å². The van der Waals surface area contributed by atoms with Gasteiger partial charge in [0.15, 0.2) is 5.82 Å². The Balaban J connectivity index is 1.49. The van der Waals surface area contributed by atoms with E-state index in [-0.39, 0.29) is 0 Å². The lowest BCUT2D eigenvalue weighted by molar-refractivity contribution is 0.678. The molecule has 0 aromatic carbocycles. The summed E-state index contributed by atoms with van der Waals surface area (Å²) in [5.74, 6) is 1.44. The van der Waals surface area contributed by atoms with Crippen LogP contribution in [0.15, 0.2) is 42.4 Å². The molecular weight excluding hydrogens is 312 g/mol. The Morgan fingerprint density at radius 3 is 2.84 bits per heavy atom. The number of pyridine rings is 1. The SMILES string of the molecule is CN(CCc1ccncc1)c1cnnc(NCCC2=CCCCC2)n1. The summed E-state index contributed by atoms with van der Waals surface area (Å²) in [4.78, 5) is 10.7. The highest BCUT2D eigenvalue weighted by atomic mass is 15.3. The van der Waals surface area contributed by atoms with E-state index in [1.165, 1.54) is 31.2 Å². The molecule has 2 heterocycles. The van der Waals surface area contributed by atoms with Gasteiger partial charge in [-0.1, -0.05) is 11.6 Å². The van der Waals surface area contributed by atoms with Crippen molar-refractivity contribution in [3.8, 4) is 0 Å². The van der Waals surface area contributed by atoms with Gasteiger partial charge in [-0.25, -0.2) is 0 Å². The zero-order chi connectivity index (χ0) is 17.3. The predicted molar refractivity (Wildman–Crippen MR) is 101 cm³/mol. The van der Waals surface area contributed by atoms with Gasteiger partial charge in [0, 0.05) is 32.5 Å². The number of likely N-dealkylation sites (N-methyl/N-ethyl adjacent to an activating group) is 1. The van der Waals surface area contributed by atoms with Gasteiger partial charge in [0.25, 0.3) is 0 Å². The maximum absolute atomic E-state index is 4.58. The van der Waals surface area contributed by atoms with Crippen LogP contribution in [0.1, 0.15) is 37.7 Å². The Labute approximate surface area is 149 Å². The van der Waals surface area contributed by atoms with Gasteiger partial charge >= 0.3 is 0 Å². The van der Waals surface area contributed by atoms with Crippen LogP contribution in [-0.2, 0) is 6.42 Å². The molecule has 1 aliphatic carbocycles. The van der Waals surface area contributed by atoms with Crippen molar-refractivity contribution in [1.29, 1.82) is 0 Å². The van der Waals surface area contributed by atoms with Crippen molar-refractivity contribution in [2.45, 2.75) is 38.5 Å². The number of anilines is 2. The maximum atomic E-state index is 4.58. The molecule has 132 valence electrons. The normalized spacial score (nSPS) is 14.0. The molecule has 0 atom stereocenters. The largest absolute Gasteiger partial charge is 0.358 e. The standard InChI is InChI=1S/C19H26N6/c1-25(14-10-17-7-11-20-12-8-17)18-15-22-24-19(23-18)21-13-9-16-5-3-2-4-6-16/h5,7-8,11-12,15H,2-4,6,9-10,13-14H2,1H3,(H,21,23,24). The molecule has 0 bridgehead atoms. The molecule has 6 heteroatoms. The first-order chi connectivity index (χ1) is 12.3. The number of hydrogen-bond acceptors (Lipinski definition) is 6. The number of rotatable bonds is 8. The molecule has 1 aliphatic rings. The average Bonchev–Trinajstić information content (AvgIpc) is 2.68. The van der Waals surface area contributed by atoms with Crippen molar-refractivity contribution in [1.82, 2.24) is 20.2 Å². The van der Waals surface area contributed by atoms with Crippen LogP contribution in [-0.4, -0.2) is 40.3 Å². The van der Waals surface area contributed by atoms with Gasteiger partial charge in [-0.15, -0.1) is 5.10 Å². The first-order valence-corrected chi connectivity index (χ1v) is 9.03. The van der Waals surface area contributed by atoms with Crippen LogP contribution in [0.3, 0.4) is 0 Å². The van der Waals surface area contributed by atoms with Gasteiger partial charge < -0.3 is 10.2 Å². The van der Waals surface area contributed by atoms with E-state index in [2.05, 4.69) is 36.5 Å². The van der Waals surface area contributed by atoms with E-state index in [0.717, 1.165) is 31.7 Å². The Hall–Kier alpha value is -2.50. The molecule has 25 heavy (non-hydrogen) atoms. The van der Waals surface area contributed by atoms with Gasteiger partial charge in [0.05, 0.1) is 6.20 Å². The molecule has 0 unspecified atom stereocenters. The Bertz CT molecular complexity index is 685. The van der Waals surface area contributed by atoms with Crippen LogP contribution >= 0.6 is 0 Å². The molecule has 3 rings (SSSR count). The lowest BCUT2D eigenvalue weighted by Gasteiger charge is -2.18. The third-order valence-corrected chi connectivity index (χ3v) is 4.54. The predicted octanol–water partition coefficient (Wildman–Crippen LogP) is 3.25. The first-order valence-electron chi connectivity index (χ1n) is 9.03. The number of hydrogen-bond donors (Lipinski definition) is 1. The maximum Gasteiger partial charge on any atom is 0.244 e. The summed E-state index contributed by atoms with van der Waals surface area (Å²) < 4.78 is 0. The van der Waals surface area contributed by atoms with Crippen molar-refractivity contribution in [2.75, 3.05) is 30.4 Å². The number of aromatic nitrogens is 4. The fraction of sp³-hybridized carbons (Fsp3) is 0.474. The summed E-state index contributed by atoms with van der Waals surface area (Å²) in [5, 5.41) is 11.5. The average molecular weight is 338 g/mol. The molecule has 2 aromatic rings. The van der Waals surface area contributed by atoms with Crippen LogP contribution in [0.5, 0.6) is 0 Å². The second-order valence-electron chi connectivity index (χ2n) is 6.45. The minimum absolute atomic E-state index is 0.602. The molecule has 0 radical (unpaired) electrons. The molecule has 0 spiro atoms. The zero-order valence-electron chi connectivity index (χ0n) is 14.9. The van der Waals surface area contributed by atoms with Gasteiger partial charge in [-0.05, 0) is 56.2 Å². The van der Waals surface area contributed by atoms with E-state index in [1.807, 2.05) is 31.6 Å². The monoisotopic (exact) mass is 338 g/mol. The van der Waals surface area contributed by atoms with Gasteiger partial charge in [0.2, 0.25) is 5.95 Å². The summed E-state index contributed by atoms with van der Waals surface area (Å²) in [6.45, 7) is 1.73. The Kier molecular flexibility index (Phi) is 6.31. The van der Waals surface area contributed by atoms with E-state index in [9.17, 15) is 0 Å². The second-order valence-corrected chi connectivity index (χ2v) is 6.45. The Morgan fingerprint density at radius 2 is 2.04 bits per heavy atom. The minimum atomic E-state index is 0.602. The minimum Gasteiger partial charge on any atom is -0.358 e. The lowest BCUT2D eigenvalue weighted by atomic mass is 9.97. The highest BCUT2D eigenvalue weighted by molar-refractivity contribution is 5.39. The van der Waals surface area contributed by atoms with E-state index >= 15 is 0 Å². The molecular formula is C19H26N6. The van der Waals surface area contributed by atoms with E-state index in [0.29, 0.717) is 5.95 Å².